The second kappa shape index (κ2) is 10.4. The highest BCUT2D eigenvalue weighted by Gasteiger charge is 2.20. The SMILES string of the molecule is c1ccc(-c2nc(-c3cccc4sc5ccccc5c34)nc(-c3cccc4sc5cc6oc(-c7ccccc7)nc6cc5c34)n2)cc1. The zero-order valence-corrected chi connectivity index (χ0v) is 26.3. The van der Waals surface area contributed by atoms with Crippen LogP contribution in [-0.2, 0) is 0 Å². The molecule has 0 unspecified atom stereocenters. The average Bonchev–Trinajstić information content (AvgIpc) is 3.84. The van der Waals surface area contributed by atoms with Gasteiger partial charge in [-0.05, 0) is 36.4 Å². The third-order valence-corrected chi connectivity index (χ3v) is 10.8. The molecule has 4 aromatic heterocycles. The highest BCUT2D eigenvalue weighted by atomic mass is 32.1. The van der Waals surface area contributed by atoms with Gasteiger partial charge in [0.25, 0.3) is 0 Å². The maximum Gasteiger partial charge on any atom is 0.227 e. The molecule has 0 bridgehead atoms. The fourth-order valence-electron chi connectivity index (χ4n) is 6.43. The van der Waals surface area contributed by atoms with Crippen LogP contribution in [0, 0.1) is 0 Å². The summed E-state index contributed by atoms with van der Waals surface area (Å²) in [6.45, 7) is 0. The summed E-state index contributed by atoms with van der Waals surface area (Å²) >= 11 is 3.53. The van der Waals surface area contributed by atoms with E-state index in [1.807, 2.05) is 48.5 Å². The summed E-state index contributed by atoms with van der Waals surface area (Å²) in [6, 6.07) is 45.7. The van der Waals surface area contributed by atoms with Crippen molar-refractivity contribution in [2.45, 2.75) is 0 Å². The van der Waals surface area contributed by atoms with E-state index >= 15 is 0 Å². The molecular formula is C40H22N4OS2. The second-order valence-corrected chi connectivity index (χ2v) is 13.6. The molecule has 6 aromatic carbocycles. The lowest BCUT2D eigenvalue weighted by Gasteiger charge is -2.10. The van der Waals surface area contributed by atoms with Gasteiger partial charge >= 0.3 is 0 Å². The Balaban J connectivity index is 1.23. The monoisotopic (exact) mass is 638 g/mol. The van der Waals surface area contributed by atoms with Crippen molar-refractivity contribution >= 4 is 74.1 Å². The summed E-state index contributed by atoms with van der Waals surface area (Å²) in [5, 5.41) is 4.60. The number of nitrogens with zero attached hydrogens (tertiary/aromatic N) is 4. The van der Waals surface area contributed by atoms with Crippen LogP contribution < -0.4 is 0 Å². The number of fused-ring (bicyclic) bond motifs is 7. The number of rotatable bonds is 4. The van der Waals surface area contributed by atoms with Crippen molar-refractivity contribution in [1.82, 2.24) is 19.9 Å². The fraction of sp³-hybridized carbons (Fsp3) is 0. The average molecular weight is 639 g/mol. The van der Waals surface area contributed by atoms with Crippen LogP contribution in [0.2, 0.25) is 0 Å². The van der Waals surface area contributed by atoms with Gasteiger partial charge in [-0.2, -0.15) is 0 Å². The van der Waals surface area contributed by atoms with Gasteiger partial charge in [-0.25, -0.2) is 19.9 Å². The Kier molecular flexibility index (Phi) is 5.85. The van der Waals surface area contributed by atoms with Gasteiger partial charge in [0, 0.05) is 68.7 Å². The van der Waals surface area contributed by atoms with Gasteiger partial charge in [0.1, 0.15) is 5.52 Å². The van der Waals surface area contributed by atoms with Gasteiger partial charge in [0.05, 0.1) is 0 Å². The lowest BCUT2D eigenvalue weighted by atomic mass is 10.0. The van der Waals surface area contributed by atoms with E-state index in [0.29, 0.717) is 23.4 Å². The molecule has 0 aliphatic rings. The first-order valence-electron chi connectivity index (χ1n) is 15.3. The number of oxazole rings is 1. The first kappa shape index (κ1) is 26.5. The van der Waals surface area contributed by atoms with E-state index in [9.17, 15) is 0 Å². The molecule has 0 fully saturated rings. The molecule has 0 spiro atoms. The summed E-state index contributed by atoms with van der Waals surface area (Å²) in [4.78, 5) is 20.3. The maximum atomic E-state index is 6.22. The molecule has 220 valence electrons. The van der Waals surface area contributed by atoms with E-state index in [4.69, 9.17) is 24.4 Å². The van der Waals surface area contributed by atoms with Crippen molar-refractivity contribution < 1.29 is 4.42 Å². The van der Waals surface area contributed by atoms with Gasteiger partial charge in [0.2, 0.25) is 5.89 Å². The Hall–Kier alpha value is -5.76. The van der Waals surface area contributed by atoms with E-state index < -0.39 is 0 Å². The number of hydrogen-bond acceptors (Lipinski definition) is 7. The van der Waals surface area contributed by atoms with Gasteiger partial charge in [0.15, 0.2) is 23.1 Å². The molecule has 0 aliphatic carbocycles. The Morgan fingerprint density at radius 3 is 1.72 bits per heavy atom. The normalized spacial score (nSPS) is 11.8. The van der Waals surface area contributed by atoms with E-state index in [0.717, 1.165) is 53.5 Å². The van der Waals surface area contributed by atoms with Crippen LogP contribution in [0.1, 0.15) is 0 Å². The molecule has 0 atom stereocenters. The van der Waals surface area contributed by atoms with Crippen molar-refractivity contribution in [3.05, 3.63) is 133 Å². The molecular weight excluding hydrogens is 617 g/mol. The topological polar surface area (TPSA) is 64.7 Å². The van der Waals surface area contributed by atoms with Crippen LogP contribution in [0.5, 0.6) is 0 Å². The number of thiophene rings is 2. The summed E-state index contributed by atoms with van der Waals surface area (Å²) in [7, 11) is 0. The highest BCUT2D eigenvalue weighted by molar-refractivity contribution is 7.26. The Bertz CT molecular complexity index is 2800. The molecule has 10 rings (SSSR count). The summed E-state index contributed by atoms with van der Waals surface area (Å²) < 4.78 is 11.0. The number of aromatic nitrogens is 4. The smallest absolute Gasteiger partial charge is 0.227 e. The van der Waals surface area contributed by atoms with Crippen LogP contribution >= 0.6 is 22.7 Å². The minimum absolute atomic E-state index is 0.618. The molecule has 4 heterocycles. The van der Waals surface area contributed by atoms with Crippen LogP contribution in [0.15, 0.2) is 138 Å². The third kappa shape index (κ3) is 4.28. The molecule has 5 nitrogen and oxygen atoms in total. The van der Waals surface area contributed by atoms with Gasteiger partial charge in [-0.3, -0.25) is 0 Å². The lowest BCUT2D eigenvalue weighted by molar-refractivity contribution is 0.620. The molecule has 0 saturated carbocycles. The van der Waals surface area contributed by atoms with E-state index in [2.05, 4.69) is 84.9 Å². The predicted octanol–water partition coefficient (Wildman–Crippen LogP) is 11.4. The molecule has 0 saturated heterocycles. The Morgan fingerprint density at radius 2 is 1.00 bits per heavy atom. The fourth-order valence-corrected chi connectivity index (χ4v) is 8.71. The van der Waals surface area contributed by atoms with Gasteiger partial charge in [-0.1, -0.05) is 91.0 Å². The second-order valence-electron chi connectivity index (χ2n) is 11.4. The molecule has 47 heavy (non-hydrogen) atoms. The molecule has 0 amide bonds. The standard InChI is InChI=1S/C40H22N4OS2/c1-3-11-23(12-4-1)37-42-38(26-16-9-19-32-35(26)25-15-7-8-18-31(25)46-32)44-39(43-37)27-17-10-20-33-36(27)28-21-29-30(22-34(28)47-33)45-40(41-29)24-13-5-2-6-14-24/h1-22H. The van der Waals surface area contributed by atoms with E-state index in [1.54, 1.807) is 22.7 Å². The quantitative estimate of drug-likeness (QED) is 0.192. The first-order chi connectivity index (χ1) is 23.3. The van der Waals surface area contributed by atoms with Gasteiger partial charge < -0.3 is 4.42 Å². The summed E-state index contributed by atoms with van der Waals surface area (Å²) in [5.74, 6) is 2.56. The van der Waals surface area contributed by atoms with Crippen molar-refractivity contribution in [2.24, 2.45) is 0 Å². The third-order valence-electron chi connectivity index (χ3n) is 8.58. The number of benzene rings is 6. The summed E-state index contributed by atoms with van der Waals surface area (Å²) in [5.41, 5.74) is 5.46. The van der Waals surface area contributed by atoms with Crippen LogP contribution in [0.4, 0.5) is 0 Å². The van der Waals surface area contributed by atoms with Crippen LogP contribution in [0.25, 0.3) is 97.1 Å². The first-order valence-corrected chi connectivity index (χ1v) is 16.9. The molecule has 0 radical (unpaired) electrons. The lowest BCUT2D eigenvalue weighted by Crippen LogP contribution is -2.00. The van der Waals surface area contributed by atoms with Crippen molar-refractivity contribution in [1.29, 1.82) is 0 Å². The van der Waals surface area contributed by atoms with Crippen LogP contribution in [0.3, 0.4) is 0 Å². The van der Waals surface area contributed by atoms with Gasteiger partial charge in [-0.15, -0.1) is 22.7 Å². The van der Waals surface area contributed by atoms with E-state index in [1.165, 1.54) is 20.2 Å². The van der Waals surface area contributed by atoms with E-state index in [-0.39, 0.29) is 0 Å². The molecule has 7 heteroatoms. The minimum Gasteiger partial charge on any atom is -0.436 e. The minimum atomic E-state index is 0.618. The molecule has 10 aromatic rings. The summed E-state index contributed by atoms with van der Waals surface area (Å²) in [6.07, 6.45) is 0. The number of hydrogen-bond donors (Lipinski definition) is 0. The Labute approximate surface area is 276 Å². The van der Waals surface area contributed by atoms with Crippen LogP contribution in [-0.4, -0.2) is 19.9 Å². The zero-order valence-electron chi connectivity index (χ0n) is 24.7. The van der Waals surface area contributed by atoms with Crippen molar-refractivity contribution in [3.63, 3.8) is 0 Å². The Morgan fingerprint density at radius 1 is 0.426 bits per heavy atom. The van der Waals surface area contributed by atoms with Crippen molar-refractivity contribution in [2.75, 3.05) is 0 Å². The zero-order chi connectivity index (χ0) is 30.9. The largest absolute Gasteiger partial charge is 0.436 e. The highest BCUT2D eigenvalue weighted by Crippen LogP contribution is 2.43. The predicted molar refractivity (Wildman–Crippen MR) is 195 cm³/mol. The molecule has 0 aliphatic heterocycles. The maximum absolute atomic E-state index is 6.22. The van der Waals surface area contributed by atoms with Crippen molar-refractivity contribution in [3.8, 4) is 45.6 Å². The molecule has 0 N–H and O–H groups in total.